The SMILES string of the molecule is CC=CCN(C)CC#N. The number of nitrogens with zero attached hydrogens (tertiary/aromatic N) is 2. The highest BCUT2D eigenvalue weighted by atomic mass is 15.1. The van der Waals surface area contributed by atoms with E-state index in [4.69, 9.17) is 5.26 Å². The van der Waals surface area contributed by atoms with Crippen LogP contribution in [0, 0.1) is 11.3 Å². The number of allylic oxidation sites excluding steroid dienone is 1. The van der Waals surface area contributed by atoms with Crippen molar-refractivity contribution in [2.24, 2.45) is 0 Å². The Bertz CT molecular complexity index is 121. The van der Waals surface area contributed by atoms with Crippen LogP contribution >= 0.6 is 0 Å². The van der Waals surface area contributed by atoms with Crippen molar-refractivity contribution in [1.82, 2.24) is 4.90 Å². The van der Waals surface area contributed by atoms with Gasteiger partial charge in [0.15, 0.2) is 0 Å². The smallest absolute Gasteiger partial charge is 0.0866 e. The van der Waals surface area contributed by atoms with Gasteiger partial charge in [-0.15, -0.1) is 0 Å². The second-order valence-corrected chi connectivity index (χ2v) is 1.92. The minimum Gasteiger partial charge on any atom is -0.290 e. The molecule has 9 heavy (non-hydrogen) atoms. The maximum atomic E-state index is 8.22. The zero-order valence-corrected chi connectivity index (χ0v) is 5.96. The number of rotatable bonds is 3. The predicted octanol–water partition coefficient (Wildman–Crippen LogP) is 1.02. The third kappa shape index (κ3) is 5.05. The molecule has 0 aliphatic rings. The van der Waals surface area contributed by atoms with Gasteiger partial charge in [-0.1, -0.05) is 12.2 Å². The lowest BCUT2D eigenvalue weighted by atomic mass is 10.5. The molecule has 0 aromatic carbocycles. The van der Waals surface area contributed by atoms with Crippen LogP contribution in [0.15, 0.2) is 12.2 Å². The molecule has 0 spiro atoms. The molecule has 2 nitrogen and oxygen atoms in total. The molecular formula is C7H12N2. The van der Waals surface area contributed by atoms with Crippen LogP contribution in [0.25, 0.3) is 0 Å². The highest BCUT2D eigenvalue weighted by Crippen LogP contribution is 1.80. The second-order valence-electron chi connectivity index (χ2n) is 1.92. The van der Waals surface area contributed by atoms with Crippen molar-refractivity contribution in [3.05, 3.63) is 12.2 Å². The first-order chi connectivity index (χ1) is 4.31. The quantitative estimate of drug-likeness (QED) is 0.415. The van der Waals surface area contributed by atoms with Crippen molar-refractivity contribution >= 4 is 0 Å². The third-order valence-electron chi connectivity index (χ3n) is 0.993. The molecule has 0 N–H and O–H groups in total. The van der Waals surface area contributed by atoms with Crippen LogP contribution in [0.4, 0.5) is 0 Å². The van der Waals surface area contributed by atoms with Crippen LogP contribution in [0.5, 0.6) is 0 Å². The van der Waals surface area contributed by atoms with Crippen molar-refractivity contribution < 1.29 is 0 Å². The van der Waals surface area contributed by atoms with Crippen LogP contribution in [0.3, 0.4) is 0 Å². The van der Waals surface area contributed by atoms with Crippen LogP contribution in [-0.4, -0.2) is 25.0 Å². The van der Waals surface area contributed by atoms with E-state index in [2.05, 4.69) is 6.07 Å². The van der Waals surface area contributed by atoms with Gasteiger partial charge in [-0.3, -0.25) is 4.90 Å². The maximum Gasteiger partial charge on any atom is 0.0866 e. The second kappa shape index (κ2) is 5.33. The van der Waals surface area contributed by atoms with E-state index in [0.29, 0.717) is 6.54 Å². The summed E-state index contributed by atoms with van der Waals surface area (Å²) >= 11 is 0. The van der Waals surface area contributed by atoms with Gasteiger partial charge >= 0.3 is 0 Å². The Hall–Kier alpha value is -0.810. The molecule has 0 aromatic heterocycles. The fourth-order valence-electron chi connectivity index (χ4n) is 0.471. The molecule has 0 bridgehead atoms. The minimum atomic E-state index is 0.504. The van der Waals surface area contributed by atoms with Crippen LogP contribution < -0.4 is 0 Å². The summed E-state index contributed by atoms with van der Waals surface area (Å²) in [7, 11) is 1.92. The molecule has 2 heteroatoms. The van der Waals surface area contributed by atoms with Crippen LogP contribution in [-0.2, 0) is 0 Å². The van der Waals surface area contributed by atoms with Gasteiger partial charge in [-0.05, 0) is 14.0 Å². The Morgan fingerprint density at radius 3 is 2.78 bits per heavy atom. The molecule has 0 aliphatic carbocycles. The van der Waals surface area contributed by atoms with Gasteiger partial charge in [-0.2, -0.15) is 5.26 Å². The largest absolute Gasteiger partial charge is 0.290 e. The molecule has 0 saturated heterocycles. The van der Waals surface area contributed by atoms with Crippen molar-refractivity contribution in [3.8, 4) is 6.07 Å². The fourth-order valence-corrected chi connectivity index (χ4v) is 0.471. The normalized spacial score (nSPS) is 10.4. The van der Waals surface area contributed by atoms with Crippen molar-refractivity contribution in [2.75, 3.05) is 20.1 Å². The molecule has 0 unspecified atom stereocenters. The predicted molar refractivity (Wildman–Crippen MR) is 37.9 cm³/mol. The Kier molecular flexibility index (Phi) is 4.85. The summed E-state index contributed by atoms with van der Waals surface area (Å²) in [5.41, 5.74) is 0. The maximum absolute atomic E-state index is 8.22. The molecule has 0 atom stereocenters. The Morgan fingerprint density at radius 2 is 2.33 bits per heavy atom. The summed E-state index contributed by atoms with van der Waals surface area (Å²) in [6.07, 6.45) is 4.01. The van der Waals surface area contributed by atoms with Crippen molar-refractivity contribution in [3.63, 3.8) is 0 Å². The van der Waals surface area contributed by atoms with E-state index in [1.165, 1.54) is 0 Å². The highest BCUT2D eigenvalue weighted by Gasteiger charge is 1.89. The lowest BCUT2D eigenvalue weighted by Crippen LogP contribution is -2.17. The van der Waals surface area contributed by atoms with Gasteiger partial charge < -0.3 is 0 Å². The molecule has 0 aliphatic heterocycles. The van der Waals surface area contributed by atoms with E-state index in [-0.39, 0.29) is 0 Å². The number of hydrogen-bond acceptors (Lipinski definition) is 2. The molecule has 0 radical (unpaired) electrons. The monoisotopic (exact) mass is 124 g/mol. The first-order valence-electron chi connectivity index (χ1n) is 2.98. The molecule has 0 amide bonds. The Balaban J connectivity index is 3.29. The molecule has 0 rings (SSSR count). The molecule has 0 aromatic rings. The number of nitriles is 1. The zero-order chi connectivity index (χ0) is 7.11. The van der Waals surface area contributed by atoms with Gasteiger partial charge in [0.2, 0.25) is 0 Å². The van der Waals surface area contributed by atoms with E-state index >= 15 is 0 Å². The number of hydrogen-bond donors (Lipinski definition) is 0. The summed E-state index contributed by atoms with van der Waals surface area (Å²) in [4.78, 5) is 1.94. The molecule has 0 heterocycles. The van der Waals surface area contributed by atoms with Crippen molar-refractivity contribution in [2.45, 2.75) is 6.92 Å². The van der Waals surface area contributed by atoms with E-state index in [1.807, 2.05) is 31.0 Å². The van der Waals surface area contributed by atoms with Gasteiger partial charge in [0.1, 0.15) is 0 Å². The van der Waals surface area contributed by atoms with Gasteiger partial charge in [0, 0.05) is 6.54 Å². The molecule has 50 valence electrons. The summed E-state index contributed by atoms with van der Waals surface area (Å²) in [5, 5.41) is 8.22. The number of likely N-dealkylation sites (N-methyl/N-ethyl adjacent to an activating group) is 1. The summed E-state index contributed by atoms with van der Waals surface area (Å²) in [6, 6.07) is 2.07. The Labute approximate surface area is 56.4 Å². The van der Waals surface area contributed by atoms with Gasteiger partial charge in [0.05, 0.1) is 12.6 Å². The lowest BCUT2D eigenvalue weighted by molar-refractivity contribution is 0.417. The van der Waals surface area contributed by atoms with Gasteiger partial charge in [0.25, 0.3) is 0 Å². The molecule has 0 saturated carbocycles. The van der Waals surface area contributed by atoms with Crippen LogP contribution in [0.1, 0.15) is 6.92 Å². The standard InChI is InChI=1S/C7H12N2/c1-3-4-6-9(2)7-5-8/h3-4H,6-7H2,1-2H3. The zero-order valence-electron chi connectivity index (χ0n) is 5.96. The average Bonchev–Trinajstić information content (AvgIpc) is 1.85. The van der Waals surface area contributed by atoms with Crippen molar-refractivity contribution in [1.29, 1.82) is 5.26 Å². The highest BCUT2D eigenvalue weighted by molar-refractivity contribution is 4.83. The Morgan fingerprint density at radius 1 is 1.67 bits per heavy atom. The lowest BCUT2D eigenvalue weighted by Gasteiger charge is -2.06. The average molecular weight is 124 g/mol. The van der Waals surface area contributed by atoms with Crippen LogP contribution in [0.2, 0.25) is 0 Å². The van der Waals surface area contributed by atoms with Gasteiger partial charge in [-0.25, -0.2) is 0 Å². The molecule has 0 fully saturated rings. The van der Waals surface area contributed by atoms with E-state index in [0.717, 1.165) is 6.54 Å². The van der Waals surface area contributed by atoms with E-state index in [9.17, 15) is 0 Å². The summed E-state index contributed by atoms with van der Waals surface area (Å²) < 4.78 is 0. The minimum absolute atomic E-state index is 0.504. The summed E-state index contributed by atoms with van der Waals surface area (Å²) in [6.45, 7) is 3.34. The molecular weight excluding hydrogens is 112 g/mol. The third-order valence-corrected chi connectivity index (χ3v) is 0.993. The summed E-state index contributed by atoms with van der Waals surface area (Å²) in [5.74, 6) is 0. The van der Waals surface area contributed by atoms with E-state index in [1.54, 1.807) is 0 Å². The topological polar surface area (TPSA) is 27.0 Å². The van der Waals surface area contributed by atoms with E-state index < -0.39 is 0 Å². The fraction of sp³-hybridized carbons (Fsp3) is 0.571. The first kappa shape index (κ1) is 8.19. The first-order valence-corrected chi connectivity index (χ1v) is 2.98.